The number of benzene rings is 1. The van der Waals surface area contributed by atoms with E-state index < -0.39 is 0 Å². The van der Waals surface area contributed by atoms with E-state index in [1.165, 1.54) is 0 Å². The van der Waals surface area contributed by atoms with E-state index in [4.69, 9.17) is 15.2 Å². The van der Waals surface area contributed by atoms with E-state index >= 15 is 0 Å². The molecular formula is C15H20FNO2. The highest BCUT2D eigenvalue weighted by Crippen LogP contribution is 2.47. The van der Waals surface area contributed by atoms with E-state index in [1.807, 2.05) is 6.07 Å². The molecule has 1 aliphatic carbocycles. The number of rotatable bonds is 4. The molecule has 1 aliphatic heterocycles. The van der Waals surface area contributed by atoms with Gasteiger partial charge in [0.1, 0.15) is 6.10 Å². The minimum absolute atomic E-state index is 0.0258. The molecule has 104 valence electrons. The van der Waals surface area contributed by atoms with E-state index in [2.05, 4.69) is 0 Å². The molecule has 1 aromatic rings. The third-order valence-electron chi connectivity index (χ3n) is 4.25. The van der Waals surface area contributed by atoms with Crippen LogP contribution in [0.25, 0.3) is 0 Å². The van der Waals surface area contributed by atoms with Gasteiger partial charge < -0.3 is 15.2 Å². The zero-order valence-corrected chi connectivity index (χ0v) is 11.0. The van der Waals surface area contributed by atoms with Gasteiger partial charge in [0.2, 0.25) is 0 Å². The SMILES string of the molecule is NCC1(c2ccc(OC3CCOCC3)c(F)c2)CC1. The Morgan fingerprint density at radius 1 is 1.32 bits per heavy atom. The number of ether oxygens (including phenoxy) is 2. The van der Waals surface area contributed by atoms with Crippen molar-refractivity contribution in [2.75, 3.05) is 19.8 Å². The molecule has 1 aromatic carbocycles. The van der Waals surface area contributed by atoms with Gasteiger partial charge in [0.25, 0.3) is 0 Å². The van der Waals surface area contributed by atoms with E-state index in [-0.39, 0.29) is 17.3 Å². The van der Waals surface area contributed by atoms with Crippen molar-refractivity contribution in [1.29, 1.82) is 0 Å². The average Bonchev–Trinajstić information content (AvgIpc) is 3.23. The lowest BCUT2D eigenvalue weighted by atomic mass is 9.96. The van der Waals surface area contributed by atoms with E-state index in [9.17, 15) is 4.39 Å². The summed E-state index contributed by atoms with van der Waals surface area (Å²) in [7, 11) is 0. The second kappa shape index (κ2) is 5.10. The maximum absolute atomic E-state index is 14.1. The standard InChI is InChI=1S/C15H20FNO2/c16-13-9-11(15(10-17)5-6-15)1-2-14(13)19-12-3-7-18-8-4-12/h1-2,9,12H,3-8,10,17H2. The Balaban J connectivity index is 1.72. The third kappa shape index (κ3) is 2.60. The minimum Gasteiger partial charge on any atom is -0.487 e. The summed E-state index contributed by atoms with van der Waals surface area (Å²) in [6.45, 7) is 1.98. The lowest BCUT2D eigenvalue weighted by Crippen LogP contribution is -2.26. The summed E-state index contributed by atoms with van der Waals surface area (Å²) in [6, 6.07) is 5.29. The Bertz CT molecular complexity index is 453. The first-order chi connectivity index (χ1) is 9.23. The molecule has 2 aliphatic rings. The lowest BCUT2D eigenvalue weighted by Gasteiger charge is -2.24. The smallest absolute Gasteiger partial charge is 0.165 e. The fraction of sp³-hybridized carbons (Fsp3) is 0.600. The second-order valence-electron chi connectivity index (χ2n) is 5.56. The summed E-state index contributed by atoms with van der Waals surface area (Å²) in [6.07, 6.45) is 3.84. The molecule has 0 aromatic heterocycles. The third-order valence-corrected chi connectivity index (χ3v) is 4.25. The van der Waals surface area contributed by atoms with Gasteiger partial charge >= 0.3 is 0 Å². The van der Waals surface area contributed by atoms with Gasteiger partial charge in [-0.3, -0.25) is 0 Å². The summed E-state index contributed by atoms with van der Waals surface area (Å²) in [5.74, 6) is 0.0761. The van der Waals surface area contributed by atoms with Gasteiger partial charge in [-0.25, -0.2) is 4.39 Å². The van der Waals surface area contributed by atoms with Crippen LogP contribution in [-0.4, -0.2) is 25.9 Å². The van der Waals surface area contributed by atoms with Crippen LogP contribution < -0.4 is 10.5 Å². The van der Waals surface area contributed by atoms with Gasteiger partial charge in [0.15, 0.2) is 11.6 Å². The molecule has 0 radical (unpaired) electrons. The summed E-state index contributed by atoms with van der Waals surface area (Å²) < 4.78 is 25.1. The Labute approximate surface area is 112 Å². The molecule has 0 unspecified atom stereocenters. The Hall–Kier alpha value is -1.13. The fourth-order valence-electron chi connectivity index (χ4n) is 2.66. The van der Waals surface area contributed by atoms with Gasteiger partial charge in [-0.1, -0.05) is 6.07 Å². The fourth-order valence-corrected chi connectivity index (χ4v) is 2.66. The molecule has 1 saturated heterocycles. The Morgan fingerprint density at radius 2 is 2.05 bits per heavy atom. The molecule has 0 atom stereocenters. The number of nitrogens with two attached hydrogens (primary N) is 1. The maximum Gasteiger partial charge on any atom is 0.165 e. The second-order valence-corrected chi connectivity index (χ2v) is 5.56. The monoisotopic (exact) mass is 265 g/mol. The van der Waals surface area contributed by atoms with Crippen LogP contribution in [0.5, 0.6) is 5.75 Å². The number of halogens is 1. The van der Waals surface area contributed by atoms with Crippen LogP contribution in [0, 0.1) is 5.82 Å². The van der Waals surface area contributed by atoms with Crippen LogP contribution in [0.1, 0.15) is 31.2 Å². The van der Waals surface area contributed by atoms with Crippen LogP contribution in [0.2, 0.25) is 0 Å². The van der Waals surface area contributed by atoms with Gasteiger partial charge in [0.05, 0.1) is 13.2 Å². The van der Waals surface area contributed by atoms with Crippen molar-refractivity contribution in [3.8, 4) is 5.75 Å². The van der Waals surface area contributed by atoms with Crippen molar-refractivity contribution in [3.05, 3.63) is 29.6 Å². The van der Waals surface area contributed by atoms with Gasteiger partial charge in [-0.05, 0) is 30.5 Å². The number of hydrogen-bond donors (Lipinski definition) is 1. The molecule has 0 spiro atoms. The first kappa shape index (κ1) is 12.9. The molecular weight excluding hydrogens is 245 g/mol. The van der Waals surface area contributed by atoms with Crippen molar-refractivity contribution in [3.63, 3.8) is 0 Å². The minimum atomic E-state index is -0.274. The quantitative estimate of drug-likeness (QED) is 0.909. The summed E-state index contributed by atoms with van der Waals surface area (Å²) in [4.78, 5) is 0. The first-order valence-electron chi connectivity index (χ1n) is 6.98. The van der Waals surface area contributed by atoms with E-state index in [0.29, 0.717) is 25.5 Å². The molecule has 1 saturated carbocycles. The molecule has 0 amide bonds. The van der Waals surface area contributed by atoms with Crippen molar-refractivity contribution in [2.24, 2.45) is 5.73 Å². The summed E-state index contributed by atoms with van der Waals surface area (Å²) in [5.41, 5.74) is 6.80. The first-order valence-corrected chi connectivity index (χ1v) is 6.98. The van der Waals surface area contributed by atoms with Gasteiger partial charge in [-0.15, -0.1) is 0 Å². The van der Waals surface area contributed by atoms with E-state index in [0.717, 1.165) is 31.2 Å². The predicted molar refractivity (Wildman–Crippen MR) is 70.8 cm³/mol. The summed E-state index contributed by atoms with van der Waals surface area (Å²) >= 11 is 0. The van der Waals surface area contributed by atoms with Crippen LogP contribution in [-0.2, 0) is 10.2 Å². The number of hydrogen-bond acceptors (Lipinski definition) is 3. The van der Waals surface area contributed by atoms with Crippen LogP contribution in [0.3, 0.4) is 0 Å². The van der Waals surface area contributed by atoms with Crippen LogP contribution >= 0.6 is 0 Å². The Kier molecular flexibility index (Phi) is 3.46. The van der Waals surface area contributed by atoms with Crippen molar-refractivity contribution >= 4 is 0 Å². The molecule has 3 nitrogen and oxygen atoms in total. The predicted octanol–water partition coefficient (Wildman–Crippen LogP) is 2.37. The molecule has 2 fully saturated rings. The van der Waals surface area contributed by atoms with Crippen molar-refractivity contribution in [2.45, 2.75) is 37.2 Å². The maximum atomic E-state index is 14.1. The highest BCUT2D eigenvalue weighted by molar-refractivity contribution is 5.37. The van der Waals surface area contributed by atoms with Crippen molar-refractivity contribution in [1.82, 2.24) is 0 Å². The van der Waals surface area contributed by atoms with E-state index in [1.54, 1.807) is 12.1 Å². The zero-order valence-electron chi connectivity index (χ0n) is 11.0. The molecule has 0 bridgehead atoms. The highest BCUT2D eigenvalue weighted by atomic mass is 19.1. The zero-order chi connectivity index (χ0) is 13.3. The van der Waals surface area contributed by atoms with Crippen molar-refractivity contribution < 1.29 is 13.9 Å². The highest BCUT2D eigenvalue weighted by Gasteiger charge is 2.43. The van der Waals surface area contributed by atoms with Crippen LogP contribution in [0.4, 0.5) is 4.39 Å². The Morgan fingerprint density at radius 3 is 2.63 bits per heavy atom. The van der Waals surface area contributed by atoms with Gasteiger partial charge in [0, 0.05) is 24.8 Å². The molecule has 3 rings (SSSR count). The molecule has 1 heterocycles. The summed E-state index contributed by atoms with van der Waals surface area (Å²) in [5, 5.41) is 0. The van der Waals surface area contributed by atoms with Crippen LogP contribution in [0.15, 0.2) is 18.2 Å². The molecule has 2 N–H and O–H groups in total. The van der Waals surface area contributed by atoms with Gasteiger partial charge in [-0.2, -0.15) is 0 Å². The average molecular weight is 265 g/mol. The topological polar surface area (TPSA) is 44.5 Å². The molecule has 4 heteroatoms. The lowest BCUT2D eigenvalue weighted by molar-refractivity contribution is 0.0240. The molecule has 19 heavy (non-hydrogen) atoms. The largest absolute Gasteiger partial charge is 0.487 e. The normalized spacial score (nSPS) is 22.2.